The number of hydrogen-bond acceptors (Lipinski definition) is 4. The molecule has 0 atom stereocenters. The highest BCUT2D eigenvalue weighted by Crippen LogP contribution is 2.30. The van der Waals surface area contributed by atoms with Crippen LogP contribution in [0.15, 0.2) is 37.8 Å². The number of rotatable bonds is 4. The molecule has 7 heteroatoms. The number of hydrogen-bond donors (Lipinski definition) is 2. The van der Waals surface area contributed by atoms with Crippen LogP contribution in [0.25, 0.3) is 0 Å². The molecule has 0 amide bonds. The summed E-state index contributed by atoms with van der Waals surface area (Å²) in [6.07, 6.45) is 1.72. The van der Waals surface area contributed by atoms with Crippen LogP contribution in [0, 0.1) is 0 Å². The first-order valence-electron chi connectivity index (χ1n) is 5.58. The van der Waals surface area contributed by atoms with Crippen molar-refractivity contribution in [1.29, 1.82) is 0 Å². The van der Waals surface area contributed by atoms with Crippen LogP contribution in [-0.2, 0) is 0 Å². The Hall–Kier alpha value is -0.660. The summed E-state index contributed by atoms with van der Waals surface area (Å²) in [5.41, 5.74) is 0.935. The van der Waals surface area contributed by atoms with E-state index in [0.29, 0.717) is 11.8 Å². The fourth-order valence-corrected chi connectivity index (χ4v) is 2.85. The van der Waals surface area contributed by atoms with Crippen LogP contribution in [0.3, 0.4) is 0 Å². The summed E-state index contributed by atoms with van der Waals surface area (Å²) < 4.78 is 2.78. The number of anilines is 3. The van der Waals surface area contributed by atoms with Crippen molar-refractivity contribution in [2.45, 2.75) is 6.92 Å². The summed E-state index contributed by atoms with van der Waals surface area (Å²) in [6, 6.07) is 5.91. The second-order valence-corrected chi connectivity index (χ2v) is 6.29. The monoisotopic (exact) mass is 448 g/mol. The molecule has 0 aliphatic carbocycles. The van der Waals surface area contributed by atoms with Gasteiger partial charge in [-0.05, 0) is 57.0 Å². The normalized spacial score (nSPS) is 10.3. The first kappa shape index (κ1) is 14.7. The Morgan fingerprint density at radius 2 is 1.95 bits per heavy atom. The topological polar surface area (TPSA) is 49.8 Å². The number of halogens is 3. The molecule has 0 aliphatic heterocycles. The minimum Gasteiger partial charge on any atom is -0.354 e. The molecule has 0 saturated heterocycles. The lowest BCUT2D eigenvalue weighted by molar-refractivity contribution is 1.08. The van der Waals surface area contributed by atoms with Crippen molar-refractivity contribution in [2.24, 2.45) is 0 Å². The highest BCUT2D eigenvalue weighted by atomic mass is 79.9. The zero-order valence-corrected chi connectivity index (χ0v) is 14.8. The molecule has 0 aliphatic rings. The van der Waals surface area contributed by atoms with Gasteiger partial charge in [-0.25, -0.2) is 4.98 Å². The minimum absolute atomic E-state index is 0.599. The van der Waals surface area contributed by atoms with Crippen molar-refractivity contribution in [3.05, 3.63) is 37.8 Å². The Balaban J connectivity index is 2.29. The molecule has 2 N–H and O–H groups in total. The molecule has 0 unspecified atom stereocenters. The van der Waals surface area contributed by atoms with E-state index in [4.69, 9.17) is 0 Å². The summed E-state index contributed by atoms with van der Waals surface area (Å²) in [6.45, 7) is 2.78. The van der Waals surface area contributed by atoms with Crippen molar-refractivity contribution in [3.8, 4) is 0 Å². The SMILES string of the molecule is CCNc1ncc(Br)c(Nc2ccc(Br)cc2Br)n1. The Bertz CT molecular complexity index is 589. The highest BCUT2D eigenvalue weighted by Gasteiger charge is 2.07. The van der Waals surface area contributed by atoms with Gasteiger partial charge in [0.2, 0.25) is 5.95 Å². The average molecular weight is 451 g/mol. The number of nitrogens with one attached hydrogen (secondary N) is 2. The van der Waals surface area contributed by atoms with E-state index in [9.17, 15) is 0 Å². The summed E-state index contributed by atoms with van der Waals surface area (Å²) in [5.74, 6) is 1.32. The van der Waals surface area contributed by atoms with Crippen molar-refractivity contribution < 1.29 is 0 Å². The van der Waals surface area contributed by atoms with Gasteiger partial charge >= 0.3 is 0 Å². The third kappa shape index (κ3) is 3.90. The molecule has 1 heterocycles. The predicted molar refractivity (Wildman–Crippen MR) is 89.0 cm³/mol. The third-order valence-electron chi connectivity index (χ3n) is 2.26. The second-order valence-electron chi connectivity index (χ2n) is 3.67. The zero-order valence-electron chi connectivity index (χ0n) is 10.0. The molecule has 0 saturated carbocycles. The van der Waals surface area contributed by atoms with Gasteiger partial charge in [0.05, 0.1) is 10.2 Å². The van der Waals surface area contributed by atoms with Crippen LogP contribution in [0.2, 0.25) is 0 Å². The van der Waals surface area contributed by atoms with Gasteiger partial charge in [0, 0.05) is 21.7 Å². The van der Waals surface area contributed by atoms with E-state index in [0.717, 1.165) is 25.7 Å². The summed E-state index contributed by atoms with van der Waals surface area (Å²) in [4.78, 5) is 8.59. The lowest BCUT2D eigenvalue weighted by Gasteiger charge is -2.11. The van der Waals surface area contributed by atoms with Gasteiger partial charge in [-0.2, -0.15) is 4.98 Å². The van der Waals surface area contributed by atoms with Crippen molar-refractivity contribution in [2.75, 3.05) is 17.2 Å². The fraction of sp³-hybridized carbons (Fsp3) is 0.167. The maximum atomic E-state index is 4.41. The molecular formula is C12H11Br3N4. The average Bonchev–Trinajstić information content (AvgIpc) is 2.37. The second kappa shape index (κ2) is 6.67. The molecule has 1 aromatic carbocycles. The lowest BCUT2D eigenvalue weighted by Crippen LogP contribution is -2.04. The maximum absolute atomic E-state index is 4.41. The number of aromatic nitrogens is 2. The van der Waals surface area contributed by atoms with E-state index >= 15 is 0 Å². The van der Waals surface area contributed by atoms with Crippen molar-refractivity contribution in [3.63, 3.8) is 0 Å². The molecule has 0 fully saturated rings. The van der Waals surface area contributed by atoms with Gasteiger partial charge < -0.3 is 10.6 Å². The van der Waals surface area contributed by atoms with Crippen molar-refractivity contribution >= 4 is 65.2 Å². The van der Waals surface area contributed by atoms with Crippen LogP contribution < -0.4 is 10.6 Å². The zero-order chi connectivity index (χ0) is 13.8. The molecule has 2 rings (SSSR count). The summed E-state index contributed by atoms with van der Waals surface area (Å²) in [5, 5.41) is 6.34. The van der Waals surface area contributed by atoms with Crippen LogP contribution in [0.1, 0.15) is 6.92 Å². The lowest BCUT2D eigenvalue weighted by atomic mass is 10.3. The van der Waals surface area contributed by atoms with Gasteiger partial charge in [0.15, 0.2) is 0 Å². The maximum Gasteiger partial charge on any atom is 0.224 e. The first-order valence-corrected chi connectivity index (χ1v) is 7.96. The highest BCUT2D eigenvalue weighted by molar-refractivity contribution is 9.11. The Kier molecular flexibility index (Phi) is 5.18. The molecule has 4 nitrogen and oxygen atoms in total. The quantitative estimate of drug-likeness (QED) is 0.692. The molecule has 100 valence electrons. The van der Waals surface area contributed by atoms with Crippen LogP contribution in [-0.4, -0.2) is 16.5 Å². The van der Waals surface area contributed by atoms with E-state index in [1.807, 2.05) is 25.1 Å². The summed E-state index contributed by atoms with van der Waals surface area (Å²) in [7, 11) is 0. The van der Waals surface area contributed by atoms with Crippen LogP contribution in [0.4, 0.5) is 17.5 Å². The first-order chi connectivity index (χ1) is 9.10. The molecule has 0 spiro atoms. The van der Waals surface area contributed by atoms with Crippen LogP contribution >= 0.6 is 47.8 Å². The number of nitrogens with zero attached hydrogens (tertiary/aromatic N) is 2. The molecule has 0 radical (unpaired) electrons. The van der Waals surface area contributed by atoms with Crippen molar-refractivity contribution in [1.82, 2.24) is 9.97 Å². The van der Waals surface area contributed by atoms with Gasteiger partial charge in [0.1, 0.15) is 5.82 Å². The van der Waals surface area contributed by atoms with Gasteiger partial charge in [-0.15, -0.1) is 0 Å². The van der Waals surface area contributed by atoms with E-state index in [1.165, 1.54) is 0 Å². The Labute approximate surface area is 136 Å². The molecule has 19 heavy (non-hydrogen) atoms. The molecule has 0 bridgehead atoms. The fourth-order valence-electron chi connectivity index (χ4n) is 1.42. The van der Waals surface area contributed by atoms with E-state index < -0.39 is 0 Å². The van der Waals surface area contributed by atoms with Gasteiger partial charge in [-0.1, -0.05) is 15.9 Å². The largest absolute Gasteiger partial charge is 0.354 e. The smallest absolute Gasteiger partial charge is 0.224 e. The summed E-state index contributed by atoms with van der Waals surface area (Å²) >= 11 is 10.4. The standard InChI is InChI=1S/C12H11Br3N4/c1-2-16-12-17-6-9(15)11(19-12)18-10-4-3-7(13)5-8(10)14/h3-6H,2H2,1H3,(H2,16,17,18,19). The third-order valence-corrected chi connectivity index (χ3v) is 3.99. The van der Waals surface area contributed by atoms with E-state index in [2.05, 4.69) is 68.4 Å². The Morgan fingerprint density at radius 1 is 1.16 bits per heavy atom. The van der Waals surface area contributed by atoms with E-state index in [1.54, 1.807) is 6.20 Å². The van der Waals surface area contributed by atoms with Gasteiger partial charge in [0.25, 0.3) is 0 Å². The van der Waals surface area contributed by atoms with Gasteiger partial charge in [-0.3, -0.25) is 0 Å². The predicted octanol–water partition coefficient (Wildman–Crippen LogP) is 4.94. The molecular weight excluding hydrogens is 440 g/mol. The Morgan fingerprint density at radius 3 is 2.63 bits per heavy atom. The number of benzene rings is 1. The van der Waals surface area contributed by atoms with E-state index in [-0.39, 0.29) is 0 Å². The molecule has 2 aromatic rings. The molecule has 1 aromatic heterocycles. The van der Waals surface area contributed by atoms with Crippen LogP contribution in [0.5, 0.6) is 0 Å². The minimum atomic E-state index is 0.599.